The molecule has 0 fully saturated rings. The van der Waals surface area contributed by atoms with Crippen molar-refractivity contribution in [1.82, 2.24) is 19.6 Å². The molecule has 1 aromatic heterocycles. The Morgan fingerprint density at radius 1 is 1.26 bits per heavy atom. The molecule has 0 radical (unpaired) electrons. The lowest BCUT2D eigenvalue weighted by Crippen LogP contribution is -2.42. The second-order valence-corrected chi connectivity index (χ2v) is 6.14. The average Bonchev–Trinajstić information content (AvgIpc) is 2.74. The number of nitrogens with zero attached hydrogens (tertiary/aromatic N) is 4. The monoisotopic (exact) mass is 322 g/mol. The van der Waals surface area contributed by atoms with Crippen LogP contribution in [0.1, 0.15) is 28.7 Å². The maximum absolute atomic E-state index is 12.6. The highest BCUT2D eigenvalue weighted by molar-refractivity contribution is 5.95. The molecule has 0 aromatic carbocycles. The molecule has 2 amide bonds. The molecule has 0 aliphatic carbocycles. The predicted molar refractivity (Wildman–Crippen MR) is 77.0 cm³/mol. The van der Waals surface area contributed by atoms with Crippen molar-refractivity contribution < 1.29 is 24.6 Å². The fraction of sp³-hybridized carbons (Fsp3) is 0.571. The number of carbonyl (C=O) groups excluding carboxylic acids is 1. The fourth-order valence-electron chi connectivity index (χ4n) is 3.24. The molecule has 124 valence electrons. The van der Waals surface area contributed by atoms with Gasteiger partial charge in [0.25, 0.3) is 5.91 Å². The van der Waals surface area contributed by atoms with Gasteiger partial charge in [0.1, 0.15) is 5.69 Å². The minimum absolute atomic E-state index is 0.0957. The lowest BCUT2D eigenvalue weighted by atomic mass is 10.00. The summed E-state index contributed by atoms with van der Waals surface area (Å²) in [5, 5.41) is 23.0. The molecule has 2 aliphatic heterocycles. The molecular weight excluding hydrogens is 304 g/mol. The summed E-state index contributed by atoms with van der Waals surface area (Å²) in [5.41, 5.74) is 1.58. The Balaban J connectivity index is 2.07. The van der Waals surface area contributed by atoms with Gasteiger partial charge in [-0.25, -0.2) is 4.79 Å². The van der Waals surface area contributed by atoms with Crippen LogP contribution in [-0.2, 0) is 24.3 Å². The minimum Gasteiger partial charge on any atom is -0.481 e. The highest BCUT2D eigenvalue weighted by atomic mass is 16.4. The zero-order chi connectivity index (χ0) is 16.9. The number of carboxylic acids is 1. The number of fused-ring (bicyclic) bond motifs is 3. The number of amides is 2. The third kappa shape index (κ3) is 2.41. The molecule has 2 atom stereocenters. The van der Waals surface area contributed by atoms with E-state index < -0.39 is 18.0 Å². The summed E-state index contributed by atoms with van der Waals surface area (Å²) in [4.78, 5) is 37.9. The van der Waals surface area contributed by atoms with Gasteiger partial charge in [0.15, 0.2) is 0 Å². The van der Waals surface area contributed by atoms with Crippen molar-refractivity contribution >= 4 is 18.0 Å². The van der Waals surface area contributed by atoms with Crippen LogP contribution in [0.5, 0.6) is 0 Å². The van der Waals surface area contributed by atoms with E-state index in [1.807, 2.05) is 0 Å². The smallest absolute Gasteiger partial charge is 0.407 e. The normalized spacial score (nSPS) is 24.0. The SMILES string of the molecule is CC1Cc2nn3c(c2CN1C(=O)O)C(=O)N(C)CC(C(=O)O)C3. The topological polar surface area (TPSA) is 116 Å². The number of hydrogen-bond donors (Lipinski definition) is 2. The van der Waals surface area contributed by atoms with E-state index >= 15 is 0 Å². The van der Waals surface area contributed by atoms with Gasteiger partial charge in [-0.2, -0.15) is 5.10 Å². The van der Waals surface area contributed by atoms with Crippen molar-refractivity contribution in [3.63, 3.8) is 0 Å². The van der Waals surface area contributed by atoms with Crippen LogP contribution < -0.4 is 0 Å². The molecular formula is C14H18N4O5. The predicted octanol–water partition coefficient (Wildman–Crippen LogP) is 0.0941. The highest BCUT2D eigenvalue weighted by Gasteiger charge is 2.38. The van der Waals surface area contributed by atoms with Crippen LogP contribution in [0.4, 0.5) is 4.79 Å². The lowest BCUT2D eigenvalue weighted by molar-refractivity contribution is -0.142. The van der Waals surface area contributed by atoms with Crippen LogP contribution in [0.3, 0.4) is 0 Å². The van der Waals surface area contributed by atoms with E-state index in [-0.39, 0.29) is 31.6 Å². The molecule has 1 aromatic rings. The van der Waals surface area contributed by atoms with Crippen molar-refractivity contribution in [2.45, 2.75) is 32.5 Å². The molecule has 3 heterocycles. The molecule has 2 unspecified atom stereocenters. The summed E-state index contributed by atoms with van der Waals surface area (Å²) in [5.74, 6) is -2.03. The van der Waals surface area contributed by atoms with Gasteiger partial charge in [0, 0.05) is 31.6 Å². The number of aliphatic carboxylic acids is 1. The average molecular weight is 322 g/mol. The molecule has 23 heavy (non-hydrogen) atoms. The zero-order valence-corrected chi connectivity index (χ0v) is 12.9. The van der Waals surface area contributed by atoms with Crippen LogP contribution >= 0.6 is 0 Å². The summed E-state index contributed by atoms with van der Waals surface area (Å²) in [6, 6.07) is -0.234. The van der Waals surface area contributed by atoms with Crippen molar-refractivity contribution in [2.75, 3.05) is 13.6 Å². The van der Waals surface area contributed by atoms with Gasteiger partial charge in [0.2, 0.25) is 0 Å². The summed E-state index contributed by atoms with van der Waals surface area (Å²) in [6.45, 7) is 2.09. The van der Waals surface area contributed by atoms with Gasteiger partial charge in [-0.3, -0.25) is 14.3 Å². The van der Waals surface area contributed by atoms with Crippen LogP contribution in [0.15, 0.2) is 0 Å². The largest absolute Gasteiger partial charge is 0.481 e. The Hall–Kier alpha value is -2.58. The quantitative estimate of drug-likeness (QED) is 0.757. The summed E-state index contributed by atoms with van der Waals surface area (Å²) < 4.78 is 1.44. The molecule has 9 nitrogen and oxygen atoms in total. The van der Waals surface area contributed by atoms with Gasteiger partial charge < -0.3 is 20.0 Å². The second kappa shape index (κ2) is 5.25. The van der Waals surface area contributed by atoms with E-state index in [1.54, 1.807) is 14.0 Å². The molecule has 9 heteroatoms. The Bertz CT molecular complexity index is 698. The third-order valence-corrected chi connectivity index (χ3v) is 4.51. The molecule has 0 saturated carbocycles. The molecule has 2 N–H and O–H groups in total. The third-order valence-electron chi connectivity index (χ3n) is 4.51. The highest BCUT2D eigenvalue weighted by Crippen LogP contribution is 2.28. The standard InChI is InChI=1S/C14H18N4O5/c1-7-3-10-9(6-17(7)14(22)23)11-12(19)16(2)4-8(13(20)21)5-18(11)15-10/h7-8H,3-6H2,1-2H3,(H,20,21)(H,22,23). The Kier molecular flexibility index (Phi) is 3.50. The van der Waals surface area contributed by atoms with Crippen molar-refractivity contribution in [1.29, 1.82) is 0 Å². The summed E-state index contributed by atoms with van der Waals surface area (Å²) >= 11 is 0. The minimum atomic E-state index is -1.04. The number of carboxylic acid groups (broad SMARTS) is 2. The molecule has 2 aliphatic rings. The summed E-state index contributed by atoms with van der Waals surface area (Å²) in [7, 11) is 1.55. The number of rotatable bonds is 1. The lowest BCUT2D eigenvalue weighted by Gasteiger charge is -2.30. The number of hydrogen-bond acceptors (Lipinski definition) is 4. The van der Waals surface area contributed by atoms with Crippen LogP contribution in [0, 0.1) is 5.92 Å². The van der Waals surface area contributed by atoms with Crippen LogP contribution in [0.25, 0.3) is 0 Å². The first-order chi connectivity index (χ1) is 10.8. The van der Waals surface area contributed by atoms with E-state index in [0.29, 0.717) is 23.4 Å². The van der Waals surface area contributed by atoms with Gasteiger partial charge in [-0.1, -0.05) is 0 Å². The van der Waals surface area contributed by atoms with Gasteiger partial charge in [0.05, 0.1) is 24.7 Å². The maximum atomic E-state index is 12.6. The Morgan fingerprint density at radius 2 is 1.96 bits per heavy atom. The van der Waals surface area contributed by atoms with Crippen molar-refractivity contribution in [2.24, 2.45) is 5.92 Å². The number of aromatic nitrogens is 2. The van der Waals surface area contributed by atoms with E-state index in [4.69, 9.17) is 0 Å². The van der Waals surface area contributed by atoms with Crippen LogP contribution in [0.2, 0.25) is 0 Å². The van der Waals surface area contributed by atoms with E-state index in [0.717, 1.165) is 0 Å². The van der Waals surface area contributed by atoms with Gasteiger partial charge in [-0.05, 0) is 6.92 Å². The van der Waals surface area contributed by atoms with E-state index in [2.05, 4.69) is 5.10 Å². The Morgan fingerprint density at radius 3 is 2.57 bits per heavy atom. The molecule has 3 rings (SSSR count). The zero-order valence-electron chi connectivity index (χ0n) is 12.9. The molecule has 0 spiro atoms. The van der Waals surface area contributed by atoms with E-state index in [9.17, 15) is 24.6 Å². The number of carbonyl (C=O) groups is 3. The first-order valence-electron chi connectivity index (χ1n) is 7.36. The van der Waals surface area contributed by atoms with Gasteiger partial charge in [-0.15, -0.1) is 0 Å². The van der Waals surface area contributed by atoms with Gasteiger partial charge >= 0.3 is 12.1 Å². The van der Waals surface area contributed by atoms with E-state index in [1.165, 1.54) is 14.5 Å². The maximum Gasteiger partial charge on any atom is 0.407 e. The summed E-state index contributed by atoms with van der Waals surface area (Å²) in [6.07, 6.45) is -0.628. The Labute approximate surface area is 132 Å². The van der Waals surface area contributed by atoms with Crippen molar-refractivity contribution in [3.8, 4) is 0 Å². The van der Waals surface area contributed by atoms with Crippen LogP contribution in [-0.4, -0.2) is 67.4 Å². The van der Waals surface area contributed by atoms with Crippen molar-refractivity contribution in [3.05, 3.63) is 17.0 Å². The second-order valence-electron chi connectivity index (χ2n) is 6.14. The first kappa shape index (κ1) is 15.3. The first-order valence-corrected chi connectivity index (χ1v) is 7.36. The fourth-order valence-corrected chi connectivity index (χ4v) is 3.24. The molecule has 0 saturated heterocycles. The molecule has 0 bridgehead atoms.